The fourth-order valence-electron chi connectivity index (χ4n) is 3.53. The number of piperazine rings is 1. The molecule has 0 bridgehead atoms. The van der Waals surface area contributed by atoms with Crippen molar-refractivity contribution in [2.75, 3.05) is 26.2 Å². The lowest BCUT2D eigenvalue weighted by Gasteiger charge is -2.34. The summed E-state index contributed by atoms with van der Waals surface area (Å²) in [6.07, 6.45) is 0. The average molecular weight is 446 g/mol. The Morgan fingerprint density at radius 2 is 2.03 bits per heavy atom. The van der Waals surface area contributed by atoms with Gasteiger partial charge < -0.3 is 4.90 Å². The van der Waals surface area contributed by atoms with Gasteiger partial charge in [0.2, 0.25) is 5.69 Å². The molecular weight excluding hydrogens is 426 g/mol. The summed E-state index contributed by atoms with van der Waals surface area (Å²) in [6, 6.07) is 12.0. The van der Waals surface area contributed by atoms with E-state index in [2.05, 4.69) is 27.2 Å². The number of halogens is 1. The Labute approximate surface area is 182 Å². The molecule has 2 aromatic heterocycles. The van der Waals surface area contributed by atoms with Crippen molar-refractivity contribution in [3.63, 3.8) is 0 Å². The maximum Gasteiger partial charge on any atom is 0.322 e. The molecule has 156 valence electrons. The molecule has 0 unspecified atom stereocenters. The van der Waals surface area contributed by atoms with Gasteiger partial charge in [-0.2, -0.15) is 5.10 Å². The largest absolute Gasteiger partial charge is 0.334 e. The van der Waals surface area contributed by atoms with Gasteiger partial charge in [-0.25, -0.2) is 0 Å². The van der Waals surface area contributed by atoms with Crippen molar-refractivity contribution < 1.29 is 9.72 Å². The van der Waals surface area contributed by atoms with E-state index in [1.165, 1.54) is 9.75 Å². The summed E-state index contributed by atoms with van der Waals surface area (Å²) in [5, 5.41) is 18.3. The second kappa shape index (κ2) is 8.55. The minimum atomic E-state index is -0.559. The number of carbonyl (C=O) groups excluding carboxylic acids is 1. The fourth-order valence-corrected chi connectivity index (χ4v) is 4.77. The molecule has 0 radical (unpaired) electrons. The molecule has 1 amide bonds. The van der Waals surface area contributed by atoms with Gasteiger partial charge in [-0.1, -0.05) is 23.7 Å². The van der Waals surface area contributed by atoms with E-state index in [9.17, 15) is 14.9 Å². The molecule has 0 spiro atoms. The highest BCUT2D eigenvalue weighted by atomic mass is 35.5. The van der Waals surface area contributed by atoms with Crippen LogP contribution in [0.3, 0.4) is 0 Å². The first-order valence-electron chi connectivity index (χ1n) is 9.48. The van der Waals surface area contributed by atoms with E-state index in [1.54, 1.807) is 23.2 Å². The lowest BCUT2D eigenvalue weighted by atomic mass is 10.2. The van der Waals surface area contributed by atoms with Crippen LogP contribution in [-0.4, -0.2) is 57.0 Å². The monoisotopic (exact) mass is 445 g/mol. The first kappa shape index (κ1) is 20.5. The lowest BCUT2D eigenvalue weighted by molar-refractivity contribution is -0.385. The number of thiophene rings is 1. The molecule has 8 nitrogen and oxygen atoms in total. The van der Waals surface area contributed by atoms with E-state index in [0.29, 0.717) is 26.2 Å². The summed E-state index contributed by atoms with van der Waals surface area (Å²) in [5.74, 6) is -0.398. The van der Waals surface area contributed by atoms with Gasteiger partial charge in [0.25, 0.3) is 5.91 Å². The summed E-state index contributed by atoms with van der Waals surface area (Å²) in [5.41, 5.74) is 1.03. The number of rotatable bonds is 5. The molecule has 1 aromatic carbocycles. The van der Waals surface area contributed by atoms with E-state index in [4.69, 9.17) is 11.6 Å². The number of nitrogens with one attached hydrogen (secondary N) is 1. The van der Waals surface area contributed by atoms with Crippen molar-refractivity contribution in [3.8, 4) is 10.4 Å². The number of H-pyrrole nitrogens is 1. The van der Waals surface area contributed by atoms with E-state index >= 15 is 0 Å². The van der Waals surface area contributed by atoms with Crippen molar-refractivity contribution in [3.05, 3.63) is 67.8 Å². The van der Waals surface area contributed by atoms with Crippen LogP contribution in [0.2, 0.25) is 5.02 Å². The molecule has 4 rings (SSSR count). The van der Waals surface area contributed by atoms with Gasteiger partial charge in [0, 0.05) is 47.5 Å². The van der Waals surface area contributed by atoms with Crippen LogP contribution in [0.1, 0.15) is 21.1 Å². The van der Waals surface area contributed by atoms with Crippen LogP contribution in [0.25, 0.3) is 10.4 Å². The van der Waals surface area contributed by atoms with Gasteiger partial charge in [-0.15, -0.1) is 11.3 Å². The molecule has 3 aromatic rings. The van der Waals surface area contributed by atoms with Crippen LogP contribution in [-0.2, 0) is 6.54 Å². The van der Waals surface area contributed by atoms with Gasteiger partial charge in [0.15, 0.2) is 0 Å². The normalized spacial score (nSPS) is 14.8. The maximum atomic E-state index is 12.7. The van der Waals surface area contributed by atoms with Crippen molar-refractivity contribution in [1.82, 2.24) is 20.0 Å². The minimum absolute atomic E-state index is 0.115. The SMILES string of the molecule is Cc1[nH]nc(C(=O)N2CCN(Cc3ccc(-c4cccc(Cl)c4)s3)CC2)c1[N+](=O)[O-]. The Morgan fingerprint density at radius 3 is 2.73 bits per heavy atom. The van der Waals surface area contributed by atoms with E-state index < -0.39 is 10.8 Å². The first-order valence-corrected chi connectivity index (χ1v) is 10.7. The second-order valence-electron chi connectivity index (χ2n) is 7.15. The molecule has 1 fully saturated rings. The predicted octanol–water partition coefficient (Wildman–Crippen LogP) is 3.97. The number of aryl methyl sites for hydroxylation is 1. The summed E-state index contributed by atoms with van der Waals surface area (Å²) >= 11 is 7.82. The third-order valence-corrected chi connectivity index (χ3v) is 6.46. The average Bonchev–Trinajstić information content (AvgIpc) is 3.35. The third-order valence-electron chi connectivity index (χ3n) is 5.11. The first-order chi connectivity index (χ1) is 14.4. The number of hydrogen-bond acceptors (Lipinski definition) is 6. The molecule has 10 heteroatoms. The molecule has 0 atom stereocenters. The van der Waals surface area contributed by atoms with Crippen LogP contribution in [0.15, 0.2) is 36.4 Å². The van der Waals surface area contributed by atoms with Crippen molar-refractivity contribution in [1.29, 1.82) is 0 Å². The van der Waals surface area contributed by atoms with Gasteiger partial charge in [-0.05, 0) is 36.8 Å². The summed E-state index contributed by atoms with van der Waals surface area (Å²) < 4.78 is 0. The fraction of sp³-hybridized carbons (Fsp3) is 0.300. The molecule has 0 aliphatic carbocycles. The summed E-state index contributed by atoms with van der Waals surface area (Å²) in [6.45, 7) is 4.76. The second-order valence-corrected chi connectivity index (χ2v) is 8.75. The zero-order chi connectivity index (χ0) is 21.3. The van der Waals surface area contributed by atoms with Crippen LogP contribution in [0.4, 0.5) is 5.69 Å². The standard InChI is InChI=1S/C20H20ClN5O3S/c1-13-19(26(28)29)18(23-22-13)20(27)25-9-7-24(8-10-25)12-16-5-6-17(30-16)14-3-2-4-15(21)11-14/h2-6,11H,7-10,12H2,1H3,(H,22,23). The Bertz CT molecular complexity index is 1090. The van der Waals surface area contributed by atoms with Crippen molar-refractivity contribution in [2.45, 2.75) is 13.5 Å². The highest BCUT2D eigenvalue weighted by Gasteiger charge is 2.32. The predicted molar refractivity (Wildman–Crippen MR) is 116 cm³/mol. The number of benzene rings is 1. The minimum Gasteiger partial charge on any atom is -0.334 e. The number of nitro groups is 1. The molecular formula is C20H20ClN5O3S. The molecule has 1 N–H and O–H groups in total. The van der Waals surface area contributed by atoms with Gasteiger partial charge in [0.1, 0.15) is 5.69 Å². The molecule has 0 saturated carbocycles. The lowest BCUT2D eigenvalue weighted by Crippen LogP contribution is -2.48. The Morgan fingerprint density at radius 1 is 1.27 bits per heavy atom. The number of amides is 1. The summed E-state index contributed by atoms with van der Waals surface area (Å²) in [4.78, 5) is 29.7. The van der Waals surface area contributed by atoms with Gasteiger partial charge >= 0.3 is 5.69 Å². The number of aromatic amines is 1. The van der Waals surface area contributed by atoms with Crippen LogP contribution in [0, 0.1) is 17.0 Å². The van der Waals surface area contributed by atoms with E-state index in [-0.39, 0.29) is 17.1 Å². The Balaban J connectivity index is 1.36. The molecule has 1 saturated heterocycles. The van der Waals surface area contributed by atoms with E-state index in [1.807, 2.05) is 24.3 Å². The Hall–Kier alpha value is -2.75. The molecule has 3 heterocycles. The zero-order valence-corrected chi connectivity index (χ0v) is 17.9. The van der Waals surface area contributed by atoms with E-state index in [0.717, 1.165) is 17.1 Å². The molecule has 1 aliphatic rings. The smallest absolute Gasteiger partial charge is 0.322 e. The summed E-state index contributed by atoms with van der Waals surface area (Å²) in [7, 11) is 0. The van der Waals surface area contributed by atoms with Gasteiger partial charge in [0.05, 0.1) is 4.92 Å². The van der Waals surface area contributed by atoms with Crippen molar-refractivity contribution >= 4 is 34.5 Å². The molecule has 30 heavy (non-hydrogen) atoms. The molecule has 1 aliphatic heterocycles. The highest BCUT2D eigenvalue weighted by molar-refractivity contribution is 7.15. The van der Waals surface area contributed by atoms with Crippen molar-refractivity contribution in [2.24, 2.45) is 0 Å². The Kier molecular flexibility index (Phi) is 5.85. The number of aromatic nitrogens is 2. The highest BCUT2D eigenvalue weighted by Crippen LogP contribution is 2.30. The number of hydrogen-bond donors (Lipinski definition) is 1. The van der Waals surface area contributed by atoms with Gasteiger partial charge in [-0.3, -0.25) is 24.9 Å². The number of nitrogens with zero attached hydrogens (tertiary/aromatic N) is 4. The zero-order valence-electron chi connectivity index (χ0n) is 16.3. The van der Waals surface area contributed by atoms with Crippen LogP contribution < -0.4 is 0 Å². The third kappa shape index (κ3) is 4.23. The van der Waals surface area contributed by atoms with Crippen LogP contribution in [0.5, 0.6) is 0 Å². The maximum absolute atomic E-state index is 12.7. The topological polar surface area (TPSA) is 95.4 Å². The quantitative estimate of drug-likeness (QED) is 0.473. The van der Waals surface area contributed by atoms with Crippen LogP contribution >= 0.6 is 22.9 Å². The number of carbonyl (C=O) groups is 1.